The normalized spacial score (nSPS) is 10.9. The molecular formula is C17H24N2O. The number of hydrogen-bond acceptors (Lipinski definition) is 1. The second kappa shape index (κ2) is 6.60. The fourth-order valence-corrected chi connectivity index (χ4v) is 2.67. The van der Waals surface area contributed by atoms with Gasteiger partial charge in [0.25, 0.3) is 0 Å². The van der Waals surface area contributed by atoms with Crippen molar-refractivity contribution in [3.8, 4) is 0 Å². The molecule has 3 heteroatoms. The first-order chi connectivity index (χ1) is 9.69. The third kappa shape index (κ3) is 3.03. The quantitative estimate of drug-likeness (QED) is 0.790. The minimum Gasteiger partial charge on any atom is -0.348 e. The summed E-state index contributed by atoms with van der Waals surface area (Å²) in [4.78, 5) is 13.9. The van der Waals surface area contributed by atoms with Gasteiger partial charge in [0, 0.05) is 37.8 Å². The number of carbonyl (C=O) groups is 1. The molecule has 1 aromatic heterocycles. The Bertz CT molecular complexity index is 582. The molecule has 3 nitrogen and oxygen atoms in total. The van der Waals surface area contributed by atoms with Gasteiger partial charge >= 0.3 is 0 Å². The maximum atomic E-state index is 12.0. The molecule has 1 aromatic carbocycles. The lowest BCUT2D eigenvalue weighted by molar-refractivity contribution is -0.130. The van der Waals surface area contributed by atoms with Crippen LogP contribution in [0.1, 0.15) is 32.8 Å². The van der Waals surface area contributed by atoms with E-state index in [9.17, 15) is 4.79 Å². The van der Waals surface area contributed by atoms with Crippen molar-refractivity contribution in [2.75, 3.05) is 13.1 Å². The van der Waals surface area contributed by atoms with Gasteiger partial charge in [-0.1, -0.05) is 6.07 Å². The number of aromatic nitrogens is 1. The molecule has 0 aliphatic rings. The van der Waals surface area contributed by atoms with E-state index >= 15 is 0 Å². The van der Waals surface area contributed by atoms with Crippen LogP contribution in [0.3, 0.4) is 0 Å². The molecule has 0 fully saturated rings. The summed E-state index contributed by atoms with van der Waals surface area (Å²) >= 11 is 0. The van der Waals surface area contributed by atoms with Crippen molar-refractivity contribution >= 4 is 16.8 Å². The van der Waals surface area contributed by atoms with Crippen LogP contribution in [0.25, 0.3) is 10.9 Å². The Morgan fingerprint density at radius 1 is 1.15 bits per heavy atom. The Kier molecular flexibility index (Phi) is 4.83. The molecule has 20 heavy (non-hydrogen) atoms. The predicted molar refractivity (Wildman–Crippen MR) is 83.9 cm³/mol. The highest BCUT2D eigenvalue weighted by Gasteiger charge is 2.09. The van der Waals surface area contributed by atoms with E-state index in [0.717, 1.165) is 26.1 Å². The Morgan fingerprint density at radius 2 is 1.90 bits per heavy atom. The molecule has 0 bridgehead atoms. The highest BCUT2D eigenvalue weighted by molar-refractivity contribution is 5.81. The van der Waals surface area contributed by atoms with Gasteiger partial charge < -0.3 is 9.47 Å². The second-order valence-electron chi connectivity index (χ2n) is 5.06. The number of benzene rings is 1. The maximum absolute atomic E-state index is 12.0. The van der Waals surface area contributed by atoms with E-state index in [1.54, 1.807) is 0 Å². The summed E-state index contributed by atoms with van der Waals surface area (Å²) in [6.45, 7) is 8.79. The summed E-state index contributed by atoms with van der Waals surface area (Å²) in [5, 5.41) is 1.26. The predicted octanol–water partition coefficient (Wildman–Crippen LogP) is 3.46. The number of hydrogen-bond donors (Lipinski definition) is 0. The number of rotatable bonds is 6. The summed E-state index contributed by atoms with van der Waals surface area (Å²) in [5.41, 5.74) is 2.51. The van der Waals surface area contributed by atoms with Crippen LogP contribution in [0.5, 0.6) is 0 Å². The van der Waals surface area contributed by atoms with Gasteiger partial charge in [-0.25, -0.2) is 0 Å². The molecular weight excluding hydrogens is 248 g/mol. The topological polar surface area (TPSA) is 25.2 Å². The van der Waals surface area contributed by atoms with E-state index in [2.05, 4.69) is 42.0 Å². The number of fused-ring (bicyclic) bond motifs is 1. The van der Waals surface area contributed by atoms with Crippen molar-refractivity contribution in [2.45, 2.75) is 40.2 Å². The van der Waals surface area contributed by atoms with Gasteiger partial charge in [0.05, 0.1) is 0 Å². The third-order valence-electron chi connectivity index (χ3n) is 3.92. The fraction of sp³-hybridized carbons (Fsp3) is 0.471. The smallest absolute Gasteiger partial charge is 0.222 e. The Hall–Kier alpha value is -1.77. The van der Waals surface area contributed by atoms with Gasteiger partial charge in [0.1, 0.15) is 0 Å². The van der Waals surface area contributed by atoms with Gasteiger partial charge in [0.2, 0.25) is 5.91 Å². The summed E-state index contributed by atoms with van der Waals surface area (Å²) in [6.07, 6.45) is 3.54. The van der Waals surface area contributed by atoms with Gasteiger partial charge in [-0.05, 0) is 56.3 Å². The van der Waals surface area contributed by atoms with Crippen LogP contribution in [-0.4, -0.2) is 28.5 Å². The van der Waals surface area contributed by atoms with Gasteiger partial charge in [-0.15, -0.1) is 0 Å². The van der Waals surface area contributed by atoms with Crippen molar-refractivity contribution in [1.82, 2.24) is 9.47 Å². The van der Waals surface area contributed by atoms with Crippen LogP contribution in [-0.2, 0) is 17.8 Å². The highest BCUT2D eigenvalue weighted by atomic mass is 16.2. The average molecular weight is 272 g/mol. The van der Waals surface area contributed by atoms with E-state index in [-0.39, 0.29) is 5.91 Å². The zero-order valence-corrected chi connectivity index (χ0v) is 12.7. The van der Waals surface area contributed by atoms with Crippen LogP contribution in [0.4, 0.5) is 0 Å². The highest BCUT2D eigenvalue weighted by Crippen LogP contribution is 2.18. The second-order valence-corrected chi connectivity index (χ2v) is 5.06. The van der Waals surface area contributed by atoms with Crippen molar-refractivity contribution in [3.05, 3.63) is 36.0 Å². The van der Waals surface area contributed by atoms with E-state index in [1.807, 2.05) is 18.7 Å². The minimum absolute atomic E-state index is 0.251. The van der Waals surface area contributed by atoms with Gasteiger partial charge in [0.15, 0.2) is 0 Å². The summed E-state index contributed by atoms with van der Waals surface area (Å²) in [5.74, 6) is 0.251. The summed E-state index contributed by atoms with van der Waals surface area (Å²) in [7, 11) is 0. The van der Waals surface area contributed by atoms with Crippen LogP contribution in [0.2, 0.25) is 0 Å². The molecule has 0 saturated carbocycles. The van der Waals surface area contributed by atoms with Crippen molar-refractivity contribution < 1.29 is 4.79 Å². The van der Waals surface area contributed by atoms with E-state index in [0.29, 0.717) is 6.42 Å². The molecule has 2 aromatic rings. The lowest BCUT2D eigenvalue weighted by Gasteiger charge is -2.18. The first-order valence-electron chi connectivity index (χ1n) is 7.55. The standard InChI is InChI=1S/C17H24N2O/c1-4-18(5-2)17(20)10-8-14-7-9-16-15(13-14)11-12-19(16)6-3/h7,9,11-13H,4-6,8,10H2,1-3H3. The van der Waals surface area contributed by atoms with Crippen molar-refractivity contribution in [1.29, 1.82) is 0 Å². The maximum Gasteiger partial charge on any atom is 0.222 e. The van der Waals surface area contributed by atoms with Crippen LogP contribution < -0.4 is 0 Å². The van der Waals surface area contributed by atoms with E-state index < -0.39 is 0 Å². The zero-order chi connectivity index (χ0) is 14.5. The third-order valence-corrected chi connectivity index (χ3v) is 3.92. The lowest BCUT2D eigenvalue weighted by Crippen LogP contribution is -2.30. The lowest BCUT2D eigenvalue weighted by atomic mass is 10.1. The SMILES string of the molecule is CCN(CC)C(=O)CCc1ccc2c(ccn2CC)c1. The summed E-state index contributed by atoms with van der Waals surface area (Å²) < 4.78 is 2.24. The van der Waals surface area contributed by atoms with Gasteiger partial charge in [-0.3, -0.25) is 4.79 Å². The Labute approximate surface area is 121 Å². The molecule has 1 heterocycles. The van der Waals surface area contributed by atoms with E-state index in [1.165, 1.54) is 16.5 Å². The molecule has 0 aliphatic heterocycles. The van der Waals surface area contributed by atoms with Gasteiger partial charge in [-0.2, -0.15) is 0 Å². The van der Waals surface area contributed by atoms with Crippen molar-refractivity contribution in [2.24, 2.45) is 0 Å². The van der Waals surface area contributed by atoms with E-state index in [4.69, 9.17) is 0 Å². The molecule has 0 unspecified atom stereocenters. The Morgan fingerprint density at radius 3 is 2.55 bits per heavy atom. The number of aryl methyl sites for hydroxylation is 2. The number of carbonyl (C=O) groups excluding carboxylic acids is 1. The minimum atomic E-state index is 0.251. The van der Waals surface area contributed by atoms with Crippen LogP contribution in [0.15, 0.2) is 30.5 Å². The monoisotopic (exact) mass is 272 g/mol. The molecule has 0 N–H and O–H groups in total. The molecule has 0 aliphatic carbocycles. The molecule has 0 radical (unpaired) electrons. The fourth-order valence-electron chi connectivity index (χ4n) is 2.67. The van der Waals surface area contributed by atoms with Crippen molar-refractivity contribution in [3.63, 3.8) is 0 Å². The van der Waals surface area contributed by atoms with Crippen LogP contribution >= 0.6 is 0 Å². The number of amides is 1. The molecule has 0 atom stereocenters. The summed E-state index contributed by atoms with van der Waals surface area (Å²) in [6, 6.07) is 8.66. The zero-order valence-electron chi connectivity index (χ0n) is 12.7. The molecule has 0 spiro atoms. The molecule has 1 amide bonds. The Balaban J connectivity index is 2.05. The molecule has 0 saturated heterocycles. The molecule has 108 valence electrons. The first-order valence-corrected chi connectivity index (χ1v) is 7.55. The number of nitrogens with zero attached hydrogens (tertiary/aromatic N) is 2. The average Bonchev–Trinajstić information content (AvgIpc) is 2.88. The first kappa shape index (κ1) is 14.6. The largest absolute Gasteiger partial charge is 0.348 e. The van der Waals surface area contributed by atoms with Crippen LogP contribution in [0, 0.1) is 0 Å². The molecule has 2 rings (SSSR count).